The first-order valence-electron chi connectivity index (χ1n) is 11.9. The lowest BCUT2D eigenvalue weighted by molar-refractivity contribution is -0.179. The van der Waals surface area contributed by atoms with Gasteiger partial charge in [0.1, 0.15) is 5.69 Å². The number of alkyl halides is 2. The fraction of sp³-hybridized carbons (Fsp3) is 0.360. The molecular formula is C25H26F2N8O4. The Morgan fingerprint density at radius 1 is 1.15 bits per heavy atom. The minimum Gasteiger partial charge on any atom is -0.389 e. The lowest BCUT2D eigenvalue weighted by atomic mass is 9.95. The Morgan fingerprint density at radius 3 is 2.51 bits per heavy atom. The van der Waals surface area contributed by atoms with Crippen LogP contribution in [-0.4, -0.2) is 76.0 Å². The fourth-order valence-corrected chi connectivity index (χ4v) is 4.27. The number of hydrogen-bond donors (Lipinski definition) is 3. The topological polar surface area (TPSA) is 155 Å². The van der Waals surface area contributed by atoms with Crippen LogP contribution in [-0.2, 0) is 16.9 Å². The highest BCUT2D eigenvalue weighted by atomic mass is 19.3. The zero-order chi connectivity index (χ0) is 28.2. The van der Waals surface area contributed by atoms with Crippen molar-refractivity contribution in [2.75, 3.05) is 18.9 Å². The highest BCUT2D eigenvalue weighted by Crippen LogP contribution is 2.45. The molecule has 14 heteroatoms. The maximum absolute atomic E-state index is 14.5. The molecule has 1 fully saturated rings. The van der Waals surface area contributed by atoms with E-state index in [1.807, 2.05) is 6.92 Å². The third-order valence-corrected chi connectivity index (χ3v) is 6.30. The summed E-state index contributed by atoms with van der Waals surface area (Å²) in [5, 5.41) is 31.9. The zero-order valence-corrected chi connectivity index (χ0v) is 21.6. The van der Waals surface area contributed by atoms with Gasteiger partial charge in [-0.3, -0.25) is 9.48 Å². The second-order valence-corrected chi connectivity index (χ2v) is 10.1. The first kappa shape index (κ1) is 26.3. The largest absolute Gasteiger partial charge is 0.389 e. The number of rotatable bonds is 7. The maximum Gasteiger partial charge on any atom is 0.309 e. The lowest BCUT2D eigenvalue weighted by Crippen LogP contribution is -2.46. The van der Waals surface area contributed by atoms with Crippen LogP contribution in [0.25, 0.3) is 22.8 Å². The highest BCUT2D eigenvalue weighted by molar-refractivity contribution is 5.89. The first-order chi connectivity index (χ1) is 18.3. The molecule has 1 aliphatic heterocycles. The molecule has 4 aromatic rings. The summed E-state index contributed by atoms with van der Waals surface area (Å²) in [6, 6.07) is 7.67. The van der Waals surface area contributed by atoms with Crippen molar-refractivity contribution in [2.45, 2.75) is 44.4 Å². The number of likely N-dealkylation sites (N-methyl/N-ethyl adjacent to an activating group) is 1. The number of aromatic nitrogens is 6. The van der Waals surface area contributed by atoms with Gasteiger partial charge in [-0.25, -0.2) is 23.7 Å². The molecule has 3 N–H and O–H groups in total. The Bertz CT molecular complexity index is 1550. The molecule has 0 aromatic carbocycles. The molecule has 1 unspecified atom stereocenters. The Morgan fingerprint density at radius 2 is 1.85 bits per heavy atom. The second kappa shape index (κ2) is 9.17. The van der Waals surface area contributed by atoms with Gasteiger partial charge in [0.15, 0.2) is 5.76 Å². The lowest BCUT2D eigenvalue weighted by Gasteiger charge is -2.22. The predicted octanol–water partition coefficient (Wildman–Crippen LogP) is 2.51. The summed E-state index contributed by atoms with van der Waals surface area (Å²) in [6.07, 6.45) is 3.16. The number of nitrogens with one attached hydrogen (secondary N) is 1. The van der Waals surface area contributed by atoms with E-state index in [1.165, 1.54) is 7.05 Å². The molecule has 1 atom stereocenters. The smallest absolute Gasteiger partial charge is 0.309 e. The fourth-order valence-electron chi connectivity index (χ4n) is 4.27. The van der Waals surface area contributed by atoms with Crippen LogP contribution in [0.15, 0.2) is 47.2 Å². The van der Waals surface area contributed by atoms with Crippen LogP contribution in [0.3, 0.4) is 0 Å². The van der Waals surface area contributed by atoms with Crippen LogP contribution in [0, 0.1) is 6.92 Å². The summed E-state index contributed by atoms with van der Waals surface area (Å²) in [5.41, 5.74) is -1.45. The van der Waals surface area contributed by atoms with Crippen molar-refractivity contribution in [3.8, 4) is 22.8 Å². The molecule has 0 aliphatic carbocycles. The van der Waals surface area contributed by atoms with Gasteiger partial charge < -0.3 is 25.0 Å². The molecule has 5 rings (SSSR count). The van der Waals surface area contributed by atoms with E-state index in [1.54, 1.807) is 55.2 Å². The van der Waals surface area contributed by atoms with Crippen molar-refractivity contribution in [2.24, 2.45) is 0 Å². The van der Waals surface area contributed by atoms with Crippen LogP contribution in [0.4, 0.5) is 20.4 Å². The summed E-state index contributed by atoms with van der Waals surface area (Å²) in [7, 11) is 1.17. The van der Waals surface area contributed by atoms with Crippen LogP contribution in [0.1, 0.15) is 25.3 Å². The van der Waals surface area contributed by atoms with Crippen LogP contribution in [0.5, 0.6) is 0 Å². The van der Waals surface area contributed by atoms with Gasteiger partial charge in [-0.15, -0.1) is 0 Å². The molecule has 0 spiro atoms. The summed E-state index contributed by atoms with van der Waals surface area (Å²) in [6.45, 7) is 4.60. The predicted molar refractivity (Wildman–Crippen MR) is 134 cm³/mol. The van der Waals surface area contributed by atoms with E-state index >= 15 is 0 Å². The molecular weight excluding hydrogens is 514 g/mol. The van der Waals surface area contributed by atoms with Crippen molar-refractivity contribution < 1.29 is 28.3 Å². The molecule has 5 heterocycles. The average molecular weight is 541 g/mol. The second-order valence-electron chi connectivity index (χ2n) is 10.1. The molecule has 1 saturated heterocycles. The molecule has 0 bridgehead atoms. The molecule has 1 amide bonds. The maximum atomic E-state index is 14.5. The number of carbonyl (C=O) groups excluding carboxylic acids is 1. The van der Waals surface area contributed by atoms with Gasteiger partial charge >= 0.3 is 5.92 Å². The van der Waals surface area contributed by atoms with Gasteiger partial charge in [0.25, 0.3) is 11.5 Å². The molecule has 39 heavy (non-hydrogen) atoms. The number of aliphatic hydroxyl groups is 2. The Labute approximate surface area is 221 Å². The number of pyridine rings is 1. The zero-order valence-electron chi connectivity index (χ0n) is 21.6. The summed E-state index contributed by atoms with van der Waals surface area (Å²) < 4.78 is 35.7. The van der Waals surface area contributed by atoms with E-state index < -0.39 is 35.3 Å². The van der Waals surface area contributed by atoms with Crippen molar-refractivity contribution in [3.63, 3.8) is 0 Å². The highest BCUT2D eigenvalue weighted by Gasteiger charge is 2.68. The minimum atomic E-state index is -3.77. The molecule has 1 aliphatic rings. The Kier molecular flexibility index (Phi) is 6.18. The third kappa shape index (κ3) is 4.72. The summed E-state index contributed by atoms with van der Waals surface area (Å²) in [4.78, 5) is 26.3. The van der Waals surface area contributed by atoms with Crippen molar-refractivity contribution >= 4 is 17.5 Å². The Balaban J connectivity index is 1.40. The summed E-state index contributed by atoms with van der Waals surface area (Å²) >= 11 is 0. The van der Waals surface area contributed by atoms with Crippen molar-refractivity contribution in [1.29, 1.82) is 0 Å². The quantitative estimate of drug-likeness (QED) is 0.318. The monoisotopic (exact) mass is 540 g/mol. The van der Waals surface area contributed by atoms with E-state index in [0.717, 1.165) is 16.7 Å². The van der Waals surface area contributed by atoms with E-state index in [-0.39, 0.29) is 17.3 Å². The standard InChI is InChI=1S/C25H26F2N8O4/c1-14-19(11-29-35(14)12-23(2,3)37)32-22-28-9-8-17(31-22)15-6-5-7-16(30-15)18-10-20(39-33-18)25(38)21(36)34(4)13-24(25,26)27/h5-11,37-38H,12-13H2,1-4H3,(H,28,31,32). The van der Waals surface area contributed by atoms with Gasteiger partial charge in [0.05, 0.1) is 53.4 Å². The van der Waals surface area contributed by atoms with Crippen molar-refractivity contribution in [1.82, 2.24) is 34.8 Å². The number of hydrogen-bond acceptors (Lipinski definition) is 10. The third-order valence-electron chi connectivity index (χ3n) is 6.30. The molecule has 204 valence electrons. The van der Waals surface area contributed by atoms with Gasteiger partial charge in [-0.05, 0) is 39.0 Å². The van der Waals surface area contributed by atoms with E-state index in [0.29, 0.717) is 23.6 Å². The number of likely N-dealkylation sites (tertiary alicyclic amines) is 1. The number of anilines is 2. The van der Waals surface area contributed by atoms with Crippen LogP contribution < -0.4 is 5.32 Å². The van der Waals surface area contributed by atoms with Gasteiger partial charge in [-0.1, -0.05) is 11.2 Å². The van der Waals surface area contributed by atoms with E-state index in [9.17, 15) is 23.8 Å². The average Bonchev–Trinajstić information content (AvgIpc) is 3.54. The normalized spacial score (nSPS) is 19.1. The first-order valence-corrected chi connectivity index (χ1v) is 11.9. The van der Waals surface area contributed by atoms with Gasteiger partial charge in [0, 0.05) is 19.3 Å². The molecule has 4 aromatic heterocycles. The van der Waals surface area contributed by atoms with E-state index in [2.05, 4.69) is 30.5 Å². The van der Waals surface area contributed by atoms with Crippen molar-refractivity contribution in [3.05, 3.63) is 54.2 Å². The number of halogens is 2. The SMILES string of the molecule is Cc1c(Nc2nccc(-c3cccc(-c4cc(C5(O)C(=O)N(C)CC5(F)F)on4)n3)n2)cnn1CC(C)(C)O. The van der Waals surface area contributed by atoms with E-state index in [4.69, 9.17) is 4.52 Å². The Hall–Kier alpha value is -4.30. The van der Waals surface area contributed by atoms with Crippen LogP contribution in [0.2, 0.25) is 0 Å². The van der Waals surface area contributed by atoms with Gasteiger partial charge in [-0.2, -0.15) is 5.10 Å². The number of nitrogens with zero attached hydrogens (tertiary/aromatic N) is 7. The molecule has 0 saturated carbocycles. The minimum absolute atomic E-state index is 0.0562. The molecule has 12 nitrogen and oxygen atoms in total. The molecule has 0 radical (unpaired) electrons. The summed E-state index contributed by atoms with van der Waals surface area (Å²) in [5.74, 6) is -5.34. The van der Waals surface area contributed by atoms with Crippen LogP contribution >= 0.6 is 0 Å². The number of amides is 1. The van der Waals surface area contributed by atoms with Gasteiger partial charge in [0.2, 0.25) is 5.95 Å². The number of carbonyl (C=O) groups is 1.